The molecule has 4 aliphatic rings. The van der Waals surface area contributed by atoms with Crippen LogP contribution in [0.3, 0.4) is 0 Å². The molecule has 2 aromatic carbocycles. The Morgan fingerprint density at radius 3 is 2.55 bits per heavy atom. The molecule has 248 valence electrons. The number of amides is 2. The fourth-order valence-corrected chi connectivity index (χ4v) is 8.33. The zero-order valence-electron chi connectivity index (χ0n) is 27.5. The van der Waals surface area contributed by atoms with Crippen molar-refractivity contribution in [3.63, 3.8) is 0 Å². The molecule has 10 nitrogen and oxygen atoms in total. The van der Waals surface area contributed by atoms with Gasteiger partial charge in [-0.05, 0) is 93.0 Å². The van der Waals surface area contributed by atoms with Crippen molar-refractivity contribution in [2.75, 3.05) is 39.8 Å². The summed E-state index contributed by atoms with van der Waals surface area (Å²) >= 11 is 0. The molecule has 2 saturated carbocycles. The number of para-hydroxylation sites is 1. The number of fused-ring (bicyclic) bond motifs is 2. The van der Waals surface area contributed by atoms with Gasteiger partial charge in [-0.2, -0.15) is 0 Å². The summed E-state index contributed by atoms with van der Waals surface area (Å²) in [5.74, 6) is 3.02. The van der Waals surface area contributed by atoms with Crippen molar-refractivity contribution in [1.82, 2.24) is 23.9 Å². The molecular weight excluding hydrogens is 592 g/mol. The van der Waals surface area contributed by atoms with E-state index in [0.29, 0.717) is 61.7 Å². The van der Waals surface area contributed by atoms with Gasteiger partial charge in [0.25, 0.3) is 5.91 Å². The van der Waals surface area contributed by atoms with E-state index >= 15 is 0 Å². The zero-order chi connectivity index (χ0) is 32.4. The van der Waals surface area contributed by atoms with Crippen LogP contribution in [0.1, 0.15) is 66.8 Å². The van der Waals surface area contributed by atoms with Crippen LogP contribution >= 0.6 is 0 Å². The number of ether oxygens (including phenoxy) is 1. The average Bonchev–Trinajstić information content (AvgIpc) is 3.51. The normalized spacial score (nSPS) is 24.7. The predicted octanol–water partition coefficient (Wildman–Crippen LogP) is 4.51. The van der Waals surface area contributed by atoms with Crippen LogP contribution in [0.25, 0.3) is 33.5 Å². The molecule has 3 N–H and O–H groups in total. The van der Waals surface area contributed by atoms with Crippen molar-refractivity contribution in [1.29, 1.82) is 0 Å². The van der Waals surface area contributed by atoms with Crippen molar-refractivity contribution in [2.45, 2.75) is 63.5 Å². The van der Waals surface area contributed by atoms with Crippen molar-refractivity contribution >= 4 is 33.8 Å². The lowest BCUT2D eigenvalue weighted by atomic mass is 9.70. The third kappa shape index (κ3) is 5.39. The lowest BCUT2D eigenvalue weighted by Crippen LogP contribution is -2.42. The van der Waals surface area contributed by atoms with E-state index in [0.717, 1.165) is 61.3 Å². The lowest BCUT2D eigenvalue weighted by Gasteiger charge is -2.37. The van der Waals surface area contributed by atoms with Gasteiger partial charge in [-0.25, -0.2) is 4.98 Å². The molecule has 2 amide bonds. The van der Waals surface area contributed by atoms with E-state index in [-0.39, 0.29) is 23.8 Å². The number of methoxy groups -OCH3 is 1. The number of carbonyl (C=O) groups excluding carboxylic acids is 2. The van der Waals surface area contributed by atoms with Gasteiger partial charge in [0.2, 0.25) is 5.91 Å². The first-order valence-electron chi connectivity index (χ1n) is 17.5. The number of hydrogen-bond donors (Lipinski definition) is 2. The molecule has 0 spiro atoms. The molecule has 2 saturated heterocycles. The van der Waals surface area contributed by atoms with Crippen molar-refractivity contribution in [2.24, 2.45) is 30.5 Å². The van der Waals surface area contributed by atoms with E-state index in [9.17, 15) is 14.7 Å². The molecule has 2 atom stereocenters. The molecule has 0 radical (unpaired) electrons. The number of aliphatic hydroxyl groups is 1. The number of nitrogens with two attached hydrogens (primary N) is 1. The highest BCUT2D eigenvalue weighted by Crippen LogP contribution is 2.47. The number of carbonyl (C=O) groups is 2. The maximum absolute atomic E-state index is 13.7. The topological polar surface area (TPSA) is 119 Å². The van der Waals surface area contributed by atoms with Crippen molar-refractivity contribution < 1.29 is 19.4 Å². The third-order valence-corrected chi connectivity index (χ3v) is 11.3. The first kappa shape index (κ1) is 30.4. The van der Waals surface area contributed by atoms with Gasteiger partial charge in [-0.1, -0.05) is 18.2 Å². The van der Waals surface area contributed by atoms with Gasteiger partial charge in [0.1, 0.15) is 11.3 Å². The number of β-amino-alcohol motifs (C(OH)–C–C–N with tert-alkyl or cyclic N) is 1. The van der Waals surface area contributed by atoms with Gasteiger partial charge in [0, 0.05) is 56.6 Å². The van der Waals surface area contributed by atoms with Gasteiger partial charge < -0.3 is 34.5 Å². The number of nitrogens with zero attached hydrogens (tertiary/aromatic N) is 5. The van der Waals surface area contributed by atoms with Crippen LogP contribution in [0.2, 0.25) is 0 Å². The lowest BCUT2D eigenvalue weighted by molar-refractivity contribution is -0.138. The van der Waals surface area contributed by atoms with E-state index in [1.165, 1.54) is 29.3 Å². The van der Waals surface area contributed by atoms with Gasteiger partial charge in [0.15, 0.2) is 5.82 Å². The molecule has 4 fully saturated rings. The number of aliphatic hydroxyl groups excluding tert-OH is 1. The van der Waals surface area contributed by atoms with Crippen LogP contribution < -0.4 is 10.5 Å². The number of piperidine rings is 1. The fourth-order valence-electron chi connectivity index (χ4n) is 8.33. The number of rotatable bonds is 8. The summed E-state index contributed by atoms with van der Waals surface area (Å²) in [5.41, 5.74) is 11.8. The minimum absolute atomic E-state index is 0.00114. The Morgan fingerprint density at radius 1 is 1.00 bits per heavy atom. The number of aryl methyl sites for hydroxylation is 1. The minimum Gasteiger partial charge on any atom is -0.494 e. The second-order valence-electron chi connectivity index (χ2n) is 14.5. The fraction of sp³-hybridized carbons (Fsp3) is 0.541. The Hall–Kier alpha value is -3.89. The van der Waals surface area contributed by atoms with Crippen LogP contribution in [0.5, 0.6) is 5.75 Å². The van der Waals surface area contributed by atoms with Crippen LogP contribution in [-0.2, 0) is 18.4 Å². The summed E-state index contributed by atoms with van der Waals surface area (Å²) < 4.78 is 10.5. The molecule has 0 unspecified atom stereocenters. The molecule has 47 heavy (non-hydrogen) atoms. The second kappa shape index (κ2) is 12.0. The second-order valence-corrected chi connectivity index (χ2v) is 14.5. The highest BCUT2D eigenvalue weighted by molar-refractivity contribution is 6.00. The van der Waals surface area contributed by atoms with Crippen molar-refractivity contribution in [3.05, 3.63) is 47.5 Å². The predicted molar refractivity (Wildman–Crippen MR) is 181 cm³/mol. The maximum atomic E-state index is 13.7. The Bertz CT molecular complexity index is 1850. The standard InChI is InChI=1S/C37H46N6O4/c1-40-34-30(15-27(17-32(34)47-2)37(46)41-11-4-5-23(18-38)19-41)39-35(40)31-16-24-6-3-7-29(33(24)43(31)20-22-8-9-22)25-13-26(14-25)36(45)42-12-10-28(44)21-42/h3,6-7,15-17,22-23,25-26,28,44H,4-5,8-14,18-21,38H2,1-2H3/t23-,25?,26?,28-/m0/s1. The molecular formula is C37H46N6O4. The van der Waals surface area contributed by atoms with Crippen molar-refractivity contribution in [3.8, 4) is 17.3 Å². The molecule has 2 aliphatic heterocycles. The molecule has 4 heterocycles. The van der Waals surface area contributed by atoms with E-state index in [4.69, 9.17) is 15.5 Å². The highest BCUT2D eigenvalue weighted by Gasteiger charge is 2.40. The summed E-state index contributed by atoms with van der Waals surface area (Å²) in [6.07, 6.45) is 6.47. The number of likely N-dealkylation sites (tertiary alicyclic amines) is 2. The molecule has 2 aromatic heterocycles. The Kier molecular flexibility index (Phi) is 7.75. The van der Waals surface area contributed by atoms with Crippen LogP contribution in [0, 0.1) is 17.8 Å². The summed E-state index contributed by atoms with van der Waals surface area (Å²) in [6.45, 7) is 4.08. The van der Waals surface area contributed by atoms with Gasteiger partial charge in [0.05, 0.1) is 29.9 Å². The van der Waals surface area contributed by atoms with E-state index in [1.807, 2.05) is 29.0 Å². The first-order valence-corrected chi connectivity index (χ1v) is 17.5. The number of benzene rings is 2. The third-order valence-electron chi connectivity index (χ3n) is 11.3. The molecule has 4 aromatic rings. The smallest absolute Gasteiger partial charge is 0.254 e. The summed E-state index contributed by atoms with van der Waals surface area (Å²) in [6, 6.07) is 12.6. The Morgan fingerprint density at radius 2 is 1.83 bits per heavy atom. The van der Waals surface area contributed by atoms with Gasteiger partial charge >= 0.3 is 0 Å². The molecule has 10 heteroatoms. The highest BCUT2D eigenvalue weighted by atomic mass is 16.5. The monoisotopic (exact) mass is 638 g/mol. The number of hydrogen-bond acceptors (Lipinski definition) is 6. The average molecular weight is 639 g/mol. The Balaban J connectivity index is 1.15. The first-order chi connectivity index (χ1) is 22.8. The van der Waals surface area contributed by atoms with E-state index < -0.39 is 0 Å². The number of imidazole rings is 1. The van der Waals surface area contributed by atoms with Gasteiger partial charge in [-0.15, -0.1) is 0 Å². The Labute approximate surface area is 275 Å². The minimum atomic E-state index is -0.388. The van der Waals surface area contributed by atoms with Crippen LogP contribution in [0.15, 0.2) is 36.4 Å². The maximum Gasteiger partial charge on any atom is 0.254 e. The molecule has 2 aliphatic carbocycles. The molecule has 0 bridgehead atoms. The molecule has 8 rings (SSSR count). The number of aromatic nitrogens is 3. The SMILES string of the molecule is COc1cc(C(=O)N2CCC[C@@H](CN)C2)cc2nc(-c3cc4cccc(C5CC(C(=O)N6CC[C@H](O)C6)C5)c4n3CC3CC3)n(C)c12. The largest absolute Gasteiger partial charge is 0.494 e. The van der Waals surface area contributed by atoms with Crippen LogP contribution in [0.4, 0.5) is 0 Å². The van der Waals surface area contributed by atoms with E-state index in [1.54, 1.807) is 7.11 Å². The zero-order valence-corrected chi connectivity index (χ0v) is 27.5. The quantitative estimate of drug-likeness (QED) is 0.293. The van der Waals surface area contributed by atoms with Crippen LogP contribution in [-0.4, -0.2) is 86.8 Å². The summed E-state index contributed by atoms with van der Waals surface area (Å²) in [4.78, 5) is 35.8. The van der Waals surface area contributed by atoms with Gasteiger partial charge in [-0.3, -0.25) is 9.59 Å². The van der Waals surface area contributed by atoms with E-state index in [2.05, 4.69) is 33.4 Å². The summed E-state index contributed by atoms with van der Waals surface area (Å²) in [7, 11) is 3.68. The summed E-state index contributed by atoms with van der Waals surface area (Å²) in [5, 5.41) is 11.1.